The third kappa shape index (κ3) is 8.89. The summed E-state index contributed by atoms with van der Waals surface area (Å²) in [6.07, 6.45) is 0.437. The number of nitrogens with zero attached hydrogens (tertiary/aromatic N) is 2. The van der Waals surface area contributed by atoms with Crippen molar-refractivity contribution in [2.75, 3.05) is 20.2 Å². The molecule has 8 nitrogen and oxygen atoms in total. The van der Waals surface area contributed by atoms with E-state index in [1.807, 2.05) is 20.8 Å². The highest BCUT2D eigenvalue weighted by Crippen LogP contribution is 2.27. The van der Waals surface area contributed by atoms with Crippen LogP contribution in [0.2, 0.25) is 0 Å². The average molecular weight is 640 g/mol. The summed E-state index contributed by atoms with van der Waals surface area (Å²) >= 11 is 3.17. The molecule has 0 saturated carbocycles. The highest BCUT2D eigenvalue weighted by molar-refractivity contribution is 9.10. The Morgan fingerprint density at radius 3 is 1.61 bits per heavy atom. The summed E-state index contributed by atoms with van der Waals surface area (Å²) in [6.45, 7) is 12.7. The van der Waals surface area contributed by atoms with E-state index >= 15 is 0 Å². The molecule has 4 rings (SSSR count). The Bertz CT molecular complexity index is 1320. The molecule has 0 N–H and O–H groups in total. The zero-order valence-corrected chi connectivity index (χ0v) is 26.1. The lowest BCUT2D eigenvalue weighted by Crippen LogP contribution is -2.40. The monoisotopic (exact) mass is 638 g/mol. The van der Waals surface area contributed by atoms with E-state index in [1.165, 1.54) is 25.3 Å². The van der Waals surface area contributed by atoms with Crippen molar-refractivity contribution in [3.05, 3.63) is 68.2 Å². The second-order valence-electron chi connectivity index (χ2n) is 11.9. The molecular formula is C30H37BrF2N2O6. The van der Waals surface area contributed by atoms with Gasteiger partial charge in [0.05, 0.1) is 17.1 Å². The van der Waals surface area contributed by atoms with Crippen LogP contribution >= 0.6 is 15.9 Å². The van der Waals surface area contributed by atoms with Crippen LogP contribution in [0, 0.1) is 11.6 Å². The molecule has 0 spiro atoms. The molecule has 2 aliphatic heterocycles. The van der Waals surface area contributed by atoms with Crippen LogP contribution in [0.3, 0.4) is 0 Å². The lowest BCUT2D eigenvalue weighted by molar-refractivity contribution is 0.0213. The maximum Gasteiger partial charge on any atom is 0.410 e. The zero-order chi connectivity index (χ0) is 30.7. The quantitative estimate of drug-likeness (QED) is 0.253. The van der Waals surface area contributed by atoms with Crippen LogP contribution in [0.4, 0.5) is 18.4 Å². The van der Waals surface area contributed by atoms with E-state index in [0.29, 0.717) is 36.9 Å². The van der Waals surface area contributed by atoms with Gasteiger partial charge in [-0.1, -0.05) is 0 Å². The van der Waals surface area contributed by atoms with E-state index in [1.54, 1.807) is 36.6 Å². The molecule has 0 atom stereocenters. The SMILES string of the molecule is CC(C)(C)OC(=O)N1CCc2cc(F)c(Br)cc2C1.COC(=O)c1cc2c(cc1F)CCN(C(=O)OC(C)(C)C)C2. The standard InChI is InChI=1S/C16H20FNO4.C14H17BrFNO2/c1-16(2,3)22-15(20)18-6-5-10-8-13(17)12(14(19)21-4)7-11(10)9-18;1-14(2,3)19-13(18)17-5-4-9-7-12(16)11(15)6-10(9)8-17/h7-8H,5-6,9H2,1-4H3;6-7H,4-5,8H2,1-3H3. The first kappa shape index (κ1) is 32.3. The highest BCUT2D eigenvalue weighted by Gasteiger charge is 2.28. The summed E-state index contributed by atoms with van der Waals surface area (Å²) in [6, 6.07) is 6.06. The van der Waals surface area contributed by atoms with Gasteiger partial charge >= 0.3 is 18.2 Å². The van der Waals surface area contributed by atoms with Gasteiger partial charge in [0.15, 0.2) is 0 Å². The Balaban J connectivity index is 0.000000228. The molecule has 2 aliphatic rings. The van der Waals surface area contributed by atoms with Crippen molar-refractivity contribution < 1.29 is 37.4 Å². The number of hydrogen-bond acceptors (Lipinski definition) is 6. The first-order valence-corrected chi connectivity index (χ1v) is 14.1. The van der Waals surface area contributed by atoms with Crippen LogP contribution in [0.15, 0.2) is 28.7 Å². The Morgan fingerprint density at radius 1 is 0.732 bits per heavy atom. The fraction of sp³-hybridized carbons (Fsp3) is 0.500. The number of halogens is 3. The molecule has 0 radical (unpaired) electrons. The van der Waals surface area contributed by atoms with E-state index in [0.717, 1.165) is 22.3 Å². The molecule has 0 bridgehead atoms. The maximum absolute atomic E-state index is 13.9. The third-order valence-electron chi connectivity index (χ3n) is 6.27. The second kappa shape index (κ2) is 12.8. The molecule has 0 saturated heterocycles. The van der Waals surface area contributed by atoms with Crippen LogP contribution in [0.5, 0.6) is 0 Å². The molecule has 2 amide bonds. The van der Waals surface area contributed by atoms with Crippen molar-refractivity contribution >= 4 is 34.1 Å². The van der Waals surface area contributed by atoms with Gasteiger partial charge in [0.25, 0.3) is 0 Å². The van der Waals surface area contributed by atoms with Gasteiger partial charge in [-0.05, 0) is 117 Å². The number of esters is 1. The Morgan fingerprint density at radius 2 is 1.17 bits per heavy atom. The normalized spacial score (nSPS) is 14.7. The molecule has 41 heavy (non-hydrogen) atoms. The van der Waals surface area contributed by atoms with Crippen LogP contribution in [-0.4, -0.2) is 59.4 Å². The molecule has 0 fully saturated rings. The minimum Gasteiger partial charge on any atom is -0.465 e. The molecule has 0 aromatic heterocycles. The van der Waals surface area contributed by atoms with Crippen molar-refractivity contribution in [1.82, 2.24) is 9.80 Å². The topological polar surface area (TPSA) is 85.4 Å². The Labute approximate surface area is 248 Å². The van der Waals surface area contributed by atoms with E-state index in [2.05, 4.69) is 20.7 Å². The molecule has 2 heterocycles. The number of rotatable bonds is 1. The van der Waals surface area contributed by atoms with Crippen LogP contribution in [0.1, 0.15) is 74.2 Å². The number of amides is 2. The average Bonchev–Trinajstić information content (AvgIpc) is 2.86. The van der Waals surface area contributed by atoms with E-state index in [4.69, 9.17) is 9.47 Å². The van der Waals surface area contributed by atoms with E-state index < -0.39 is 29.1 Å². The number of fused-ring (bicyclic) bond motifs is 2. The zero-order valence-electron chi connectivity index (χ0n) is 24.5. The highest BCUT2D eigenvalue weighted by atomic mass is 79.9. The lowest BCUT2D eigenvalue weighted by Gasteiger charge is -2.31. The first-order chi connectivity index (χ1) is 19.0. The Hall–Kier alpha value is -3.21. The van der Waals surface area contributed by atoms with Crippen molar-refractivity contribution in [3.63, 3.8) is 0 Å². The van der Waals surface area contributed by atoms with Gasteiger partial charge in [0.1, 0.15) is 22.8 Å². The van der Waals surface area contributed by atoms with Gasteiger partial charge in [-0.15, -0.1) is 0 Å². The number of hydrogen-bond donors (Lipinski definition) is 0. The van der Waals surface area contributed by atoms with Crippen molar-refractivity contribution in [2.45, 2.75) is 78.7 Å². The van der Waals surface area contributed by atoms with Gasteiger partial charge in [-0.2, -0.15) is 0 Å². The minimum atomic E-state index is -0.727. The maximum atomic E-state index is 13.9. The second-order valence-corrected chi connectivity index (χ2v) is 12.8. The molecule has 11 heteroatoms. The summed E-state index contributed by atoms with van der Waals surface area (Å²) in [5.74, 6) is -1.59. The van der Waals surface area contributed by atoms with Gasteiger partial charge in [0, 0.05) is 26.2 Å². The molecular weight excluding hydrogens is 602 g/mol. The number of ether oxygens (including phenoxy) is 3. The van der Waals surface area contributed by atoms with Gasteiger partial charge in [-0.3, -0.25) is 0 Å². The smallest absolute Gasteiger partial charge is 0.410 e. The van der Waals surface area contributed by atoms with Gasteiger partial charge in [-0.25, -0.2) is 23.2 Å². The molecule has 2 aromatic carbocycles. The van der Waals surface area contributed by atoms with Crippen LogP contribution in [-0.2, 0) is 40.1 Å². The van der Waals surface area contributed by atoms with Crippen LogP contribution in [0.25, 0.3) is 0 Å². The van der Waals surface area contributed by atoms with Crippen molar-refractivity contribution in [1.29, 1.82) is 0 Å². The summed E-state index contributed by atoms with van der Waals surface area (Å²) in [5, 5.41) is 0. The minimum absolute atomic E-state index is 0.118. The lowest BCUT2D eigenvalue weighted by atomic mass is 9.97. The molecule has 2 aromatic rings. The summed E-state index contributed by atoms with van der Waals surface area (Å²) in [5.41, 5.74) is 2.26. The molecule has 0 aliphatic carbocycles. The van der Waals surface area contributed by atoms with Crippen molar-refractivity contribution in [2.24, 2.45) is 0 Å². The van der Waals surface area contributed by atoms with Gasteiger partial charge < -0.3 is 24.0 Å². The summed E-state index contributed by atoms with van der Waals surface area (Å²) < 4.78 is 43.0. The number of benzene rings is 2. The van der Waals surface area contributed by atoms with Crippen molar-refractivity contribution in [3.8, 4) is 0 Å². The number of methoxy groups -OCH3 is 1. The summed E-state index contributed by atoms with van der Waals surface area (Å²) in [4.78, 5) is 38.9. The first-order valence-electron chi connectivity index (χ1n) is 13.3. The fourth-order valence-electron chi connectivity index (χ4n) is 4.36. The number of carbonyl (C=O) groups excluding carboxylic acids is 3. The predicted octanol–water partition coefficient (Wildman–Crippen LogP) is 6.79. The molecule has 224 valence electrons. The Kier molecular flexibility index (Phi) is 10.0. The third-order valence-corrected chi connectivity index (χ3v) is 6.87. The van der Waals surface area contributed by atoms with Crippen LogP contribution < -0.4 is 0 Å². The largest absolute Gasteiger partial charge is 0.465 e. The van der Waals surface area contributed by atoms with E-state index in [9.17, 15) is 23.2 Å². The van der Waals surface area contributed by atoms with E-state index in [-0.39, 0.29) is 24.0 Å². The summed E-state index contributed by atoms with van der Waals surface area (Å²) in [7, 11) is 1.20. The van der Waals surface area contributed by atoms with Gasteiger partial charge in [0.2, 0.25) is 0 Å². The fourth-order valence-corrected chi connectivity index (χ4v) is 4.75. The number of carbonyl (C=O) groups is 3. The predicted molar refractivity (Wildman–Crippen MR) is 153 cm³/mol. The molecule has 0 unspecified atom stereocenters.